The number of esters is 1. The molecule has 0 radical (unpaired) electrons. The van der Waals surface area contributed by atoms with Gasteiger partial charge in [-0.15, -0.1) is 0 Å². The second-order valence-electron chi connectivity index (χ2n) is 4.80. The molecular formula is C17H23NO5. The Kier molecular flexibility index (Phi) is 6.43. The van der Waals surface area contributed by atoms with Gasteiger partial charge in [-0.25, -0.2) is 4.79 Å². The summed E-state index contributed by atoms with van der Waals surface area (Å²) in [6, 6.07) is 7.32. The van der Waals surface area contributed by atoms with Crippen LogP contribution in [-0.4, -0.2) is 43.7 Å². The minimum Gasteiger partial charge on any atom is -0.488 e. The van der Waals surface area contributed by atoms with E-state index in [-0.39, 0.29) is 12.3 Å². The SMILES string of the molecule is CCOC(=O)c1cc2cc(OCC(OCC)OCC)ccc2[nH]1. The molecule has 0 fully saturated rings. The van der Waals surface area contributed by atoms with Crippen molar-refractivity contribution in [2.24, 2.45) is 0 Å². The molecule has 0 spiro atoms. The Labute approximate surface area is 135 Å². The number of fused-ring (bicyclic) bond motifs is 1. The molecule has 2 aromatic rings. The van der Waals surface area contributed by atoms with Crippen molar-refractivity contribution in [1.29, 1.82) is 0 Å². The molecule has 23 heavy (non-hydrogen) atoms. The predicted octanol–water partition coefficient (Wildman–Crippen LogP) is 3.12. The van der Waals surface area contributed by atoms with E-state index in [1.165, 1.54) is 0 Å². The number of benzene rings is 1. The topological polar surface area (TPSA) is 69.8 Å². The molecule has 0 amide bonds. The molecular weight excluding hydrogens is 298 g/mol. The van der Waals surface area contributed by atoms with Crippen LogP contribution in [0.4, 0.5) is 0 Å². The number of hydrogen-bond acceptors (Lipinski definition) is 5. The van der Waals surface area contributed by atoms with E-state index in [0.717, 1.165) is 10.9 Å². The molecule has 0 aliphatic rings. The van der Waals surface area contributed by atoms with Crippen molar-refractivity contribution in [2.75, 3.05) is 26.4 Å². The summed E-state index contributed by atoms with van der Waals surface area (Å²) in [5, 5.41) is 0.884. The first-order chi connectivity index (χ1) is 11.2. The maximum Gasteiger partial charge on any atom is 0.354 e. The average molecular weight is 321 g/mol. The summed E-state index contributed by atoms with van der Waals surface area (Å²) in [5.41, 5.74) is 1.28. The number of aromatic amines is 1. The largest absolute Gasteiger partial charge is 0.488 e. The minimum absolute atomic E-state index is 0.308. The lowest BCUT2D eigenvalue weighted by molar-refractivity contribution is -0.152. The highest BCUT2D eigenvalue weighted by molar-refractivity contribution is 5.95. The highest BCUT2D eigenvalue weighted by atomic mass is 16.7. The molecule has 1 heterocycles. The zero-order valence-corrected chi connectivity index (χ0v) is 13.8. The fraction of sp³-hybridized carbons (Fsp3) is 0.471. The fourth-order valence-corrected chi connectivity index (χ4v) is 2.20. The molecule has 0 aliphatic heterocycles. The number of H-pyrrole nitrogens is 1. The van der Waals surface area contributed by atoms with Crippen LogP contribution in [0.25, 0.3) is 10.9 Å². The van der Waals surface area contributed by atoms with E-state index in [1.54, 1.807) is 13.0 Å². The van der Waals surface area contributed by atoms with Gasteiger partial charge in [0.1, 0.15) is 18.1 Å². The lowest BCUT2D eigenvalue weighted by Crippen LogP contribution is -2.25. The van der Waals surface area contributed by atoms with Gasteiger partial charge >= 0.3 is 5.97 Å². The predicted molar refractivity (Wildman–Crippen MR) is 86.8 cm³/mol. The van der Waals surface area contributed by atoms with Gasteiger partial charge in [0.15, 0.2) is 6.29 Å². The second-order valence-corrected chi connectivity index (χ2v) is 4.80. The van der Waals surface area contributed by atoms with Crippen molar-refractivity contribution in [3.05, 3.63) is 30.0 Å². The molecule has 0 unspecified atom stereocenters. The van der Waals surface area contributed by atoms with Crippen LogP contribution in [0.3, 0.4) is 0 Å². The Balaban J connectivity index is 2.06. The molecule has 0 aliphatic carbocycles. The Hall–Kier alpha value is -2.05. The van der Waals surface area contributed by atoms with Gasteiger partial charge in [0.25, 0.3) is 0 Å². The zero-order chi connectivity index (χ0) is 16.7. The molecule has 0 saturated heterocycles. The summed E-state index contributed by atoms with van der Waals surface area (Å²) in [4.78, 5) is 14.8. The van der Waals surface area contributed by atoms with Crippen LogP contribution in [-0.2, 0) is 14.2 Å². The van der Waals surface area contributed by atoms with Crippen LogP contribution in [0.1, 0.15) is 31.3 Å². The summed E-state index contributed by atoms with van der Waals surface area (Å²) in [6.45, 7) is 7.38. The van der Waals surface area contributed by atoms with Crippen LogP contribution in [0.2, 0.25) is 0 Å². The summed E-state index contributed by atoms with van der Waals surface area (Å²) >= 11 is 0. The zero-order valence-electron chi connectivity index (χ0n) is 13.8. The Morgan fingerprint density at radius 3 is 2.48 bits per heavy atom. The Morgan fingerprint density at radius 1 is 1.09 bits per heavy atom. The molecule has 1 N–H and O–H groups in total. The van der Waals surface area contributed by atoms with Crippen molar-refractivity contribution >= 4 is 16.9 Å². The van der Waals surface area contributed by atoms with Gasteiger partial charge in [-0.05, 0) is 45.0 Å². The quantitative estimate of drug-likeness (QED) is 0.567. The number of hydrogen-bond donors (Lipinski definition) is 1. The third-order valence-corrected chi connectivity index (χ3v) is 3.18. The summed E-state index contributed by atoms with van der Waals surface area (Å²) in [6.07, 6.45) is -0.387. The lowest BCUT2D eigenvalue weighted by atomic mass is 10.2. The second kappa shape index (κ2) is 8.55. The van der Waals surface area contributed by atoms with Crippen molar-refractivity contribution in [3.8, 4) is 5.75 Å². The molecule has 6 nitrogen and oxygen atoms in total. The van der Waals surface area contributed by atoms with Crippen molar-refractivity contribution in [2.45, 2.75) is 27.1 Å². The lowest BCUT2D eigenvalue weighted by Gasteiger charge is -2.17. The normalized spacial score (nSPS) is 11.1. The first-order valence-electron chi connectivity index (χ1n) is 7.83. The standard InChI is InChI=1S/C17H23NO5/c1-4-20-16(21-5-2)11-23-13-7-8-14-12(9-13)10-15(18-14)17(19)22-6-3/h7-10,16,18H,4-6,11H2,1-3H3. The van der Waals surface area contributed by atoms with Crippen LogP contribution < -0.4 is 4.74 Å². The van der Waals surface area contributed by atoms with Crippen molar-refractivity contribution in [3.63, 3.8) is 0 Å². The highest BCUT2D eigenvalue weighted by Gasteiger charge is 2.12. The first kappa shape index (κ1) is 17.3. The average Bonchev–Trinajstić information content (AvgIpc) is 2.96. The summed E-state index contributed by atoms with van der Waals surface area (Å²) < 4.78 is 21.6. The van der Waals surface area contributed by atoms with E-state index in [1.807, 2.05) is 32.0 Å². The third-order valence-electron chi connectivity index (χ3n) is 3.18. The van der Waals surface area contributed by atoms with E-state index in [4.69, 9.17) is 18.9 Å². The van der Waals surface area contributed by atoms with Gasteiger partial charge in [-0.1, -0.05) is 0 Å². The Bertz CT molecular complexity index is 631. The number of aromatic nitrogens is 1. The number of carbonyl (C=O) groups excluding carboxylic acids is 1. The van der Waals surface area contributed by atoms with Gasteiger partial charge in [-0.3, -0.25) is 0 Å². The molecule has 1 aromatic heterocycles. The van der Waals surface area contributed by atoms with Crippen molar-refractivity contribution in [1.82, 2.24) is 4.98 Å². The smallest absolute Gasteiger partial charge is 0.354 e. The summed E-state index contributed by atoms with van der Waals surface area (Å²) in [5.74, 6) is 0.329. The van der Waals surface area contributed by atoms with E-state index in [9.17, 15) is 4.79 Å². The monoisotopic (exact) mass is 321 g/mol. The van der Waals surface area contributed by atoms with Gasteiger partial charge in [-0.2, -0.15) is 0 Å². The molecule has 6 heteroatoms. The Morgan fingerprint density at radius 2 is 1.83 bits per heavy atom. The van der Waals surface area contributed by atoms with Crippen LogP contribution in [0, 0.1) is 0 Å². The molecule has 0 saturated carbocycles. The van der Waals surface area contributed by atoms with E-state index in [0.29, 0.717) is 37.9 Å². The maximum absolute atomic E-state index is 11.7. The highest BCUT2D eigenvalue weighted by Crippen LogP contribution is 2.22. The number of nitrogens with one attached hydrogen (secondary N) is 1. The fourth-order valence-electron chi connectivity index (χ4n) is 2.20. The van der Waals surface area contributed by atoms with Gasteiger partial charge in [0.2, 0.25) is 0 Å². The van der Waals surface area contributed by atoms with Crippen LogP contribution >= 0.6 is 0 Å². The number of ether oxygens (including phenoxy) is 4. The molecule has 0 bridgehead atoms. The number of rotatable bonds is 9. The molecule has 0 atom stereocenters. The van der Waals surface area contributed by atoms with Crippen LogP contribution in [0.5, 0.6) is 5.75 Å². The summed E-state index contributed by atoms with van der Waals surface area (Å²) in [7, 11) is 0. The van der Waals surface area contributed by atoms with Crippen LogP contribution in [0.15, 0.2) is 24.3 Å². The van der Waals surface area contributed by atoms with E-state index < -0.39 is 0 Å². The molecule has 1 aromatic carbocycles. The third kappa shape index (κ3) is 4.71. The number of carbonyl (C=O) groups is 1. The van der Waals surface area contributed by atoms with Crippen molar-refractivity contribution < 1.29 is 23.7 Å². The van der Waals surface area contributed by atoms with E-state index in [2.05, 4.69) is 4.98 Å². The first-order valence-corrected chi connectivity index (χ1v) is 7.83. The molecule has 126 valence electrons. The molecule has 2 rings (SSSR count). The van der Waals surface area contributed by atoms with E-state index >= 15 is 0 Å². The van der Waals surface area contributed by atoms with Gasteiger partial charge in [0.05, 0.1) is 6.61 Å². The maximum atomic E-state index is 11.7. The minimum atomic E-state index is -0.387. The van der Waals surface area contributed by atoms with Gasteiger partial charge < -0.3 is 23.9 Å². The van der Waals surface area contributed by atoms with Gasteiger partial charge in [0, 0.05) is 24.1 Å².